The molecule has 1 aliphatic carbocycles. The van der Waals surface area contributed by atoms with Gasteiger partial charge in [0.25, 0.3) is 5.91 Å². The van der Waals surface area contributed by atoms with Crippen LogP contribution in [0.15, 0.2) is 0 Å². The van der Waals surface area contributed by atoms with Crippen LogP contribution in [0.4, 0.5) is 4.79 Å². The van der Waals surface area contributed by atoms with Gasteiger partial charge in [-0.15, -0.1) is 0 Å². The lowest BCUT2D eigenvalue weighted by Gasteiger charge is -2.18. The average Bonchev–Trinajstić information content (AvgIpc) is 2.59. The number of hydrogen-bond acceptors (Lipinski definition) is 3. The zero-order chi connectivity index (χ0) is 9.47. The van der Waals surface area contributed by atoms with E-state index in [1.807, 2.05) is 6.26 Å². The molecule has 72 valence electrons. The van der Waals surface area contributed by atoms with E-state index in [9.17, 15) is 9.59 Å². The Morgan fingerprint density at radius 1 is 1.54 bits per heavy atom. The monoisotopic (exact) mass is 200 g/mol. The standard InChI is InChI=1S/C8H12N2O2S/c1-13-5-2-3-8(4-5)6(11)9-7(12)10-8/h5H,2-4H2,1H3,(H2,9,10,11,12). The Morgan fingerprint density at radius 3 is 2.77 bits per heavy atom. The summed E-state index contributed by atoms with van der Waals surface area (Å²) in [6.07, 6.45) is 4.59. The molecule has 1 spiro atoms. The maximum absolute atomic E-state index is 11.5. The molecule has 3 amide bonds. The van der Waals surface area contributed by atoms with Crippen LogP contribution in [0.2, 0.25) is 0 Å². The Hall–Kier alpha value is -0.710. The van der Waals surface area contributed by atoms with E-state index in [2.05, 4.69) is 10.6 Å². The van der Waals surface area contributed by atoms with Crippen molar-refractivity contribution >= 4 is 23.7 Å². The summed E-state index contributed by atoms with van der Waals surface area (Å²) in [4.78, 5) is 22.4. The molecule has 1 heterocycles. The van der Waals surface area contributed by atoms with E-state index in [-0.39, 0.29) is 11.9 Å². The van der Waals surface area contributed by atoms with Crippen LogP contribution >= 0.6 is 11.8 Å². The number of nitrogens with one attached hydrogen (secondary N) is 2. The van der Waals surface area contributed by atoms with Crippen molar-refractivity contribution in [1.82, 2.24) is 10.6 Å². The van der Waals surface area contributed by atoms with E-state index in [1.54, 1.807) is 11.8 Å². The van der Waals surface area contributed by atoms with Crippen molar-refractivity contribution in [2.75, 3.05) is 6.26 Å². The number of carbonyl (C=O) groups excluding carboxylic acids is 2. The maximum Gasteiger partial charge on any atom is 0.322 e. The van der Waals surface area contributed by atoms with Crippen molar-refractivity contribution < 1.29 is 9.59 Å². The number of urea groups is 1. The lowest BCUT2D eigenvalue weighted by Crippen LogP contribution is -2.44. The summed E-state index contributed by atoms with van der Waals surface area (Å²) < 4.78 is 0. The first-order valence-corrected chi connectivity index (χ1v) is 5.61. The molecule has 0 aromatic carbocycles. The molecule has 5 heteroatoms. The average molecular weight is 200 g/mol. The second kappa shape index (κ2) is 2.90. The van der Waals surface area contributed by atoms with Gasteiger partial charge in [0.15, 0.2) is 0 Å². The van der Waals surface area contributed by atoms with E-state index < -0.39 is 5.54 Å². The fourth-order valence-corrected chi connectivity index (χ4v) is 2.85. The molecule has 2 aliphatic rings. The summed E-state index contributed by atoms with van der Waals surface area (Å²) >= 11 is 1.77. The van der Waals surface area contributed by atoms with Crippen molar-refractivity contribution in [1.29, 1.82) is 0 Å². The highest BCUT2D eigenvalue weighted by molar-refractivity contribution is 7.99. The van der Waals surface area contributed by atoms with Crippen molar-refractivity contribution in [3.05, 3.63) is 0 Å². The summed E-state index contributed by atoms with van der Waals surface area (Å²) in [6, 6.07) is -0.341. The van der Waals surface area contributed by atoms with Crippen LogP contribution in [0.3, 0.4) is 0 Å². The van der Waals surface area contributed by atoms with Crippen LogP contribution in [0.1, 0.15) is 19.3 Å². The number of carbonyl (C=O) groups is 2. The van der Waals surface area contributed by atoms with Gasteiger partial charge in [0.2, 0.25) is 0 Å². The number of amides is 3. The smallest absolute Gasteiger partial charge is 0.322 e. The highest BCUT2D eigenvalue weighted by Crippen LogP contribution is 2.37. The third-order valence-electron chi connectivity index (χ3n) is 2.82. The molecule has 0 aromatic heterocycles. The van der Waals surface area contributed by atoms with E-state index >= 15 is 0 Å². The fourth-order valence-electron chi connectivity index (χ4n) is 2.05. The molecule has 2 unspecified atom stereocenters. The first-order chi connectivity index (χ1) is 6.16. The summed E-state index contributed by atoms with van der Waals surface area (Å²) in [7, 11) is 0. The minimum atomic E-state index is -0.579. The van der Waals surface area contributed by atoms with Gasteiger partial charge in [-0.25, -0.2) is 4.79 Å². The molecule has 0 aromatic rings. The van der Waals surface area contributed by atoms with Crippen molar-refractivity contribution in [3.8, 4) is 0 Å². The number of rotatable bonds is 1. The minimum absolute atomic E-state index is 0.144. The van der Waals surface area contributed by atoms with Gasteiger partial charge in [0.1, 0.15) is 5.54 Å². The zero-order valence-electron chi connectivity index (χ0n) is 7.42. The third-order valence-corrected chi connectivity index (χ3v) is 3.89. The highest BCUT2D eigenvalue weighted by atomic mass is 32.2. The SMILES string of the molecule is CSC1CCC2(C1)NC(=O)NC2=O. The van der Waals surface area contributed by atoms with Crippen molar-refractivity contribution in [3.63, 3.8) is 0 Å². The summed E-state index contributed by atoms with van der Waals surface area (Å²) in [5.74, 6) is -0.144. The van der Waals surface area contributed by atoms with Gasteiger partial charge in [-0.3, -0.25) is 10.1 Å². The number of thioether (sulfide) groups is 1. The molecule has 1 saturated carbocycles. The van der Waals surface area contributed by atoms with Crippen LogP contribution in [0.25, 0.3) is 0 Å². The van der Waals surface area contributed by atoms with Crippen molar-refractivity contribution in [2.45, 2.75) is 30.1 Å². The van der Waals surface area contributed by atoms with E-state index in [0.717, 1.165) is 19.3 Å². The van der Waals surface area contributed by atoms with Gasteiger partial charge >= 0.3 is 6.03 Å². The predicted octanol–water partition coefficient (Wildman–Crippen LogP) is 0.480. The maximum atomic E-state index is 11.5. The minimum Gasteiger partial charge on any atom is -0.323 e. The molecule has 0 bridgehead atoms. The van der Waals surface area contributed by atoms with Gasteiger partial charge in [0.05, 0.1) is 0 Å². The molecule has 1 saturated heterocycles. The molecule has 13 heavy (non-hydrogen) atoms. The highest BCUT2D eigenvalue weighted by Gasteiger charge is 2.50. The second-order valence-corrected chi connectivity index (χ2v) is 4.73. The summed E-state index contributed by atoms with van der Waals surface area (Å²) in [5.41, 5.74) is -0.579. The molecule has 2 rings (SSSR count). The number of hydrogen-bond donors (Lipinski definition) is 2. The van der Waals surface area contributed by atoms with Crippen molar-refractivity contribution in [2.24, 2.45) is 0 Å². The van der Waals surface area contributed by atoms with Gasteiger partial charge in [-0.1, -0.05) is 0 Å². The Morgan fingerprint density at radius 2 is 2.31 bits per heavy atom. The van der Waals surface area contributed by atoms with Gasteiger partial charge in [0, 0.05) is 5.25 Å². The van der Waals surface area contributed by atoms with Gasteiger partial charge in [-0.05, 0) is 25.5 Å². The van der Waals surface area contributed by atoms with Crippen LogP contribution in [-0.2, 0) is 4.79 Å². The normalized spacial score (nSPS) is 38.1. The topological polar surface area (TPSA) is 58.2 Å². The molecule has 2 fully saturated rings. The Balaban J connectivity index is 2.14. The fraction of sp³-hybridized carbons (Fsp3) is 0.750. The Kier molecular flexibility index (Phi) is 1.98. The second-order valence-electron chi connectivity index (χ2n) is 3.59. The third kappa shape index (κ3) is 1.31. The van der Waals surface area contributed by atoms with Gasteiger partial charge in [-0.2, -0.15) is 11.8 Å². The summed E-state index contributed by atoms with van der Waals surface area (Å²) in [6.45, 7) is 0. The molecular weight excluding hydrogens is 188 g/mol. The summed E-state index contributed by atoms with van der Waals surface area (Å²) in [5, 5.41) is 5.53. The number of imide groups is 1. The van der Waals surface area contributed by atoms with E-state index in [1.165, 1.54) is 0 Å². The lowest BCUT2D eigenvalue weighted by atomic mass is 9.99. The van der Waals surface area contributed by atoms with Crippen LogP contribution in [-0.4, -0.2) is 29.0 Å². The molecule has 2 atom stereocenters. The lowest BCUT2D eigenvalue weighted by molar-refractivity contribution is -0.123. The zero-order valence-corrected chi connectivity index (χ0v) is 8.24. The molecule has 4 nitrogen and oxygen atoms in total. The first kappa shape index (κ1) is 8.87. The largest absolute Gasteiger partial charge is 0.323 e. The molecule has 0 radical (unpaired) electrons. The van der Waals surface area contributed by atoms with Crippen LogP contribution in [0, 0.1) is 0 Å². The molecule has 2 N–H and O–H groups in total. The van der Waals surface area contributed by atoms with Crippen LogP contribution in [0.5, 0.6) is 0 Å². The Labute approximate surface area is 80.8 Å². The van der Waals surface area contributed by atoms with Crippen LogP contribution < -0.4 is 10.6 Å². The molecule has 1 aliphatic heterocycles. The molecular formula is C8H12N2O2S. The van der Waals surface area contributed by atoms with E-state index in [0.29, 0.717) is 5.25 Å². The first-order valence-electron chi connectivity index (χ1n) is 4.33. The Bertz CT molecular complexity index is 269. The quantitative estimate of drug-likeness (QED) is 0.605. The van der Waals surface area contributed by atoms with Gasteiger partial charge < -0.3 is 5.32 Å². The predicted molar refractivity (Wildman–Crippen MR) is 50.6 cm³/mol. The van der Waals surface area contributed by atoms with E-state index in [4.69, 9.17) is 0 Å².